The SMILES string of the molecule is N#CNC(=O)c1cnsn1. The van der Waals surface area contributed by atoms with E-state index in [1.165, 1.54) is 12.4 Å². The van der Waals surface area contributed by atoms with Crippen LogP contribution in [0.1, 0.15) is 10.5 Å². The molecule has 0 aliphatic rings. The fraction of sp³-hybridized carbons (Fsp3) is 0. The number of carbonyl (C=O) groups excluding carboxylic acids is 1. The summed E-state index contributed by atoms with van der Waals surface area (Å²) >= 11 is 0.924. The van der Waals surface area contributed by atoms with E-state index in [0.29, 0.717) is 0 Å². The van der Waals surface area contributed by atoms with Gasteiger partial charge < -0.3 is 0 Å². The highest BCUT2D eigenvalue weighted by atomic mass is 32.1. The second-order valence-corrected chi connectivity index (χ2v) is 1.92. The van der Waals surface area contributed by atoms with Crippen LogP contribution in [-0.4, -0.2) is 14.7 Å². The van der Waals surface area contributed by atoms with Gasteiger partial charge in [-0.25, -0.2) is 0 Å². The average molecular weight is 154 g/mol. The molecule has 10 heavy (non-hydrogen) atoms. The van der Waals surface area contributed by atoms with Crippen LogP contribution in [0.2, 0.25) is 0 Å². The summed E-state index contributed by atoms with van der Waals surface area (Å²) in [5.41, 5.74) is 0.173. The molecule has 50 valence electrons. The van der Waals surface area contributed by atoms with Crippen molar-refractivity contribution in [1.29, 1.82) is 5.26 Å². The molecule has 1 heterocycles. The lowest BCUT2D eigenvalue weighted by Gasteiger charge is -1.85. The van der Waals surface area contributed by atoms with Gasteiger partial charge in [0, 0.05) is 0 Å². The third-order valence-corrected chi connectivity index (χ3v) is 1.24. The van der Waals surface area contributed by atoms with Crippen molar-refractivity contribution in [3.63, 3.8) is 0 Å². The Kier molecular flexibility index (Phi) is 1.92. The van der Waals surface area contributed by atoms with Gasteiger partial charge in [-0.15, -0.1) is 0 Å². The summed E-state index contributed by atoms with van der Waals surface area (Å²) in [6.45, 7) is 0. The van der Waals surface area contributed by atoms with E-state index < -0.39 is 5.91 Å². The minimum atomic E-state index is -0.517. The van der Waals surface area contributed by atoms with Gasteiger partial charge in [0.2, 0.25) is 0 Å². The van der Waals surface area contributed by atoms with Gasteiger partial charge in [-0.1, -0.05) is 0 Å². The van der Waals surface area contributed by atoms with Crippen LogP contribution < -0.4 is 5.32 Å². The molecule has 0 radical (unpaired) electrons. The van der Waals surface area contributed by atoms with Crippen molar-refractivity contribution in [2.24, 2.45) is 0 Å². The quantitative estimate of drug-likeness (QED) is 0.446. The first-order chi connectivity index (χ1) is 4.84. The highest BCUT2D eigenvalue weighted by Crippen LogP contribution is 1.92. The third-order valence-electron chi connectivity index (χ3n) is 0.763. The predicted molar refractivity (Wildman–Crippen MR) is 33.0 cm³/mol. The molecule has 6 heteroatoms. The van der Waals surface area contributed by atoms with E-state index in [2.05, 4.69) is 8.75 Å². The van der Waals surface area contributed by atoms with Crippen molar-refractivity contribution in [3.05, 3.63) is 11.9 Å². The molecule has 0 aliphatic heterocycles. The van der Waals surface area contributed by atoms with Crippen molar-refractivity contribution in [2.45, 2.75) is 0 Å². The standard InChI is InChI=1S/C4H2N4OS/c5-2-6-4(9)3-1-7-10-8-3/h1H,(H,6,9). The van der Waals surface area contributed by atoms with Crippen molar-refractivity contribution in [3.8, 4) is 6.19 Å². The molecule has 0 aliphatic carbocycles. The number of amides is 1. The van der Waals surface area contributed by atoms with E-state index in [1.54, 1.807) is 0 Å². The number of hydrogen-bond acceptors (Lipinski definition) is 5. The maximum Gasteiger partial charge on any atom is 0.285 e. The lowest BCUT2D eigenvalue weighted by molar-refractivity contribution is 0.0969. The van der Waals surface area contributed by atoms with Crippen molar-refractivity contribution in [2.75, 3.05) is 0 Å². The van der Waals surface area contributed by atoms with Crippen LogP contribution in [0.3, 0.4) is 0 Å². The molecule has 0 spiro atoms. The Hall–Kier alpha value is -1.48. The van der Waals surface area contributed by atoms with E-state index in [4.69, 9.17) is 5.26 Å². The normalized spacial score (nSPS) is 8.30. The third kappa shape index (κ3) is 1.27. The molecule has 1 aromatic heterocycles. The van der Waals surface area contributed by atoms with E-state index in [9.17, 15) is 4.79 Å². The van der Waals surface area contributed by atoms with Gasteiger partial charge in [0.25, 0.3) is 5.91 Å². The summed E-state index contributed by atoms with van der Waals surface area (Å²) in [5, 5.41) is 9.93. The van der Waals surface area contributed by atoms with Crippen molar-refractivity contribution in [1.82, 2.24) is 14.1 Å². The van der Waals surface area contributed by atoms with Crippen LogP contribution in [-0.2, 0) is 0 Å². The molecule has 0 bridgehead atoms. The number of hydrogen-bond donors (Lipinski definition) is 1. The zero-order valence-corrected chi connectivity index (χ0v) is 5.55. The Morgan fingerprint density at radius 1 is 1.90 bits per heavy atom. The smallest absolute Gasteiger partial charge is 0.266 e. The monoisotopic (exact) mass is 154 g/mol. The molecule has 0 aromatic carbocycles. The van der Waals surface area contributed by atoms with Gasteiger partial charge in [0.05, 0.1) is 17.9 Å². The fourth-order valence-corrected chi connectivity index (χ4v) is 0.792. The summed E-state index contributed by atoms with van der Waals surface area (Å²) in [4.78, 5) is 10.7. The molecule has 1 aromatic rings. The maximum atomic E-state index is 10.7. The lowest BCUT2D eigenvalue weighted by atomic mass is 10.4. The molecule has 0 saturated heterocycles. The molecular weight excluding hydrogens is 152 g/mol. The Morgan fingerprint density at radius 3 is 3.20 bits per heavy atom. The van der Waals surface area contributed by atoms with Gasteiger partial charge in [0.1, 0.15) is 0 Å². The van der Waals surface area contributed by atoms with E-state index >= 15 is 0 Å². The van der Waals surface area contributed by atoms with E-state index in [-0.39, 0.29) is 5.69 Å². The number of rotatable bonds is 1. The van der Waals surface area contributed by atoms with Crippen LogP contribution in [0.15, 0.2) is 6.20 Å². The van der Waals surface area contributed by atoms with Gasteiger partial charge in [0.15, 0.2) is 11.9 Å². The zero-order valence-electron chi connectivity index (χ0n) is 4.74. The number of aromatic nitrogens is 2. The highest BCUT2D eigenvalue weighted by molar-refractivity contribution is 6.99. The summed E-state index contributed by atoms with van der Waals surface area (Å²) in [6, 6.07) is 0. The largest absolute Gasteiger partial charge is 0.285 e. The summed E-state index contributed by atoms with van der Waals surface area (Å²) in [5.74, 6) is -0.517. The Balaban J connectivity index is 2.71. The van der Waals surface area contributed by atoms with Crippen LogP contribution >= 0.6 is 11.7 Å². The minimum absolute atomic E-state index is 0.173. The molecule has 0 fully saturated rings. The second-order valence-electron chi connectivity index (χ2n) is 1.36. The molecule has 1 amide bonds. The minimum Gasteiger partial charge on any atom is -0.266 e. The van der Waals surface area contributed by atoms with Gasteiger partial charge in [-0.2, -0.15) is 14.0 Å². The molecule has 1 N–H and O–H groups in total. The molecular formula is C4H2N4OS. The lowest BCUT2D eigenvalue weighted by Crippen LogP contribution is -2.17. The average Bonchev–Trinajstić information content (AvgIpc) is 2.38. The van der Waals surface area contributed by atoms with Crippen LogP contribution in [0, 0.1) is 11.5 Å². The van der Waals surface area contributed by atoms with Gasteiger partial charge in [-0.05, 0) is 0 Å². The number of nitriles is 1. The van der Waals surface area contributed by atoms with Crippen LogP contribution in [0.4, 0.5) is 0 Å². The number of nitrogens with zero attached hydrogens (tertiary/aromatic N) is 3. The Morgan fingerprint density at radius 2 is 2.70 bits per heavy atom. The zero-order chi connectivity index (χ0) is 7.40. The maximum absolute atomic E-state index is 10.7. The van der Waals surface area contributed by atoms with Crippen LogP contribution in [0.25, 0.3) is 0 Å². The van der Waals surface area contributed by atoms with Gasteiger partial charge in [-0.3, -0.25) is 10.1 Å². The first-order valence-electron chi connectivity index (χ1n) is 2.31. The summed E-state index contributed by atoms with van der Waals surface area (Å²) in [7, 11) is 0. The fourth-order valence-electron chi connectivity index (χ4n) is 0.380. The molecule has 0 unspecified atom stereocenters. The first kappa shape index (κ1) is 6.64. The Bertz CT molecular complexity index is 261. The predicted octanol–water partition coefficient (Wildman–Crippen LogP) is -0.251. The first-order valence-corrected chi connectivity index (χ1v) is 3.04. The molecule has 0 atom stereocenters. The van der Waals surface area contributed by atoms with E-state index in [0.717, 1.165) is 11.7 Å². The highest BCUT2D eigenvalue weighted by Gasteiger charge is 2.05. The molecule has 1 rings (SSSR count). The van der Waals surface area contributed by atoms with Gasteiger partial charge >= 0.3 is 0 Å². The topological polar surface area (TPSA) is 78.7 Å². The van der Waals surface area contributed by atoms with E-state index in [1.807, 2.05) is 5.32 Å². The number of nitrogens with one attached hydrogen (secondary N) is 1. The summed E-state index contributed by atoms with van der Waals surface area (Å²) in [6.07, 6.45) is 2.80. The summed E-state index contributed by atoms with van der Waals surface area (Å²) < 4.78 is 7.19. The van der Waals surface area contributed by atoms with Crippen molar-refractivity contribution >= 4 is 17.6 Å². The second kappa shape index (κ2) is 2.89. The number of carbonyl (C=O) groups is 1. The Labute approximate surface area is 60.6 Å². The van der Waals surface area contributed by atoms with Crippen LogP contribution in [0.5, 0.6) is 0 Å². The van der Waals surface area contributed by atoms with Crippen molar-refractivity contribution < 1.29 is 4.79 Å². The molecule has 0 saturated carbocycles. The molecule has 5 nitrogen and oxygen atoms in total.